The van der Waals surface area contributed by atoms with Gasteiger partial charge in [-0.25, -0.2) is 4.98 Å². The van der Waals surface area contributed by atoms with E-state index in [0.717, 1.165) is 38.7 Å². The molecule has 5 rings (SSSR count). The molecule has 5 heteroatoms. The van der Waals surface area contributed by atoms with Gasteiger partial charge in [-0.2, -0.15) is 0 Å². The number of fused-ring (bicyclic) bond motifs is 2. The van der Waals surface area contributed by atoms with E-state index in [1.54, 1.807) is 7.11 Å². The summed E-state index contributed by atoms with van der Waals surface area (Å²) in [7, 11) is 1.67. The van der Waals surface area contributed by atoms with Crippen LogP contribution in [0.5, 0.6) is 5.75 Å². The van der Waals surface area contributed by atoms with E-state index >= 15 is 0 Å². The molecule has 0 bridgehead atoms. The number of morpholine rings is 1. The molecular formula is C26H24N2O3. The van der Waals surface area contributed by atoms with E-state index in [-0.39, 0.29) is 12.0 Å². The van der Waals surface area contributed by atoms with Crippen LogP contribution in [0.3, 0.4) is 0 Å². The Kier molecular flexibility index (Phi) is 5.04. The van der Waals surface area contributed by atoms with Crippen LogP contribution < -0.4 is 4.74 Å². The molecule has 0 radical (unpaired) electrons. The number of hydrogen-bond donors (Lipinski definition) is 0. The second-order valence-electron chi connectivity index (χ2n) is 7.93. The van der Waals surface area contributed by atoms with Crippen molar-refractivity contribution in [2.24, 2.45) is 0 Å². The topological polar surface area (TPSA) is 51.7 Å². The molecule has 1 unspecified atom stereocenters. The van der Waals surface area contributed by atoms with Crippen LogP contribution in [-0.4, -0.2) is 48.7 Å². The molecule has 4 aromatic rings. The van der Waals surface area contributed by atoms with Gasteiger partial charge in [-0.15, -0.1) is 0 Å². The molecule has 156 valence electrons. The smallest absolute Gasteiger partial charge is 0.254 e. The minimum atomic E-state index is 0.0283. The Morgan fingerprint density at radius 1 is 1.06 bits per heavy atom. The average molecular weight is 412 g/mol. The minimum Gasteiger partial charge on any atom is -0.497 e. The number of pyridine rings is 1. The number of rotatable bonds is 3. The molecule has 0 N–H and O–H groups in total. The van der Waals surface area contributed by atoms with Gasteiger partial charge >= 0.3 is 0 Å². The van der Waals surface area contributed by atoms with Crippen LogP contribution in [0.2, 0.25) is 0 Å². The van der Waals surface area contributed by atoms with Crippen LogP contribution >= 0.6 is 0 Å². The lowest BCUT2D eigenvalue weighted by atomic mass is 10.0. The molecule has 5 nitrogen and oxygen atoms in total. The zero-order valence-corrected chi connectivity index (χ0v) is 17.7. The minimum absolute atomic E-state index is 0.0283. The van der Waals surface area contributed by atoms with Crippen molar-refractivity contribution in [1.82, 2.24) is 9.88 Å². The number of benzene rings is 3. The maximum absolute atomic E-state index is 13.5. The van der Waals surface area contributed by atoms with Gasteiger partial charge in [0.1, 0.15) is 5.75 Å². The second kappa shape index (κ2) is 8.00. The molecule has 1 aliphatic heterocycles. The zero-order chi connectivity index (χ0) is 21.4. The molecule has 31 heavy (non-hydrogen) atoms. The highest BCUT2D eigenvalue weighted by Crippen LogP contribution is 2.29. The summed E-state index contributed by atoms with van der Waals surface area (Å²) in [6.45, 7) is 3.77. The molecule has 0 saturated carbocycles. The average Bonchev–Trinajstić information content (AvgIpc) is 2.82. The van der Waals surface area contributed by atoms with Crippen molar-refractivity contribution in [3.05, 3.63) is 72.3 Å². The fourth-order valence-electron chi connectivity index (χ4n) is 4.18. The van der Waals surface area contributed by atoms with Crippen molar-refractivity contribution in [2.75, 3.05) is 26.8 Å². The predicted molar refractivity (Wildman–Crippen MR) is 123 cm³/mol. The SMILES string of the molecule is COc1ccc2cc(-c3cc(C(=O)N4CCOC(C)C4)c4ccccc4n3)ccc2c1. The fraction of sp³-hybridized carbons (Fsp3) is 0.231. The van der Waals surface area contributed by atoms with Gasteiger partial charge in [-0.05, 0) is 48.0 Å². The summed E-state index contributed by atoms with van der Waals surface area (Å²) in [4.78, 5) is 20.2. The van der Waals surface area contributed by atoms with Crippen LogP contribution in [0.15, 0.2) is 66.7 Å². The lowest BCUT2D eigenvalue weighted by molar-refractivity contribution is -0.0123. The first-order valence-electron chi connectivity index (χ1n) is 10.5. The Balaban J connectivity index is 1.61. The van der Waals surface area contributed by atoms with Crippen molar-refractivity contribution >= 4 is 27.6 Å². The summed E-state index contributed by atoms with van der Waals surface area (Å²) < 4.78 is 10.9. The van der Waals surface area contributed by atoms with Crippen LogP contribution in [-0.2, 0) is 4.74 Å². The lowest BCUT2D eigenvalue weighted by Gasteiger charge is -2.31. The van der Waals surface area contributed by atoms with Crippen molar-refractivity contribution in [3.63, 3.8) is 0 Å². The van der Waals surface area contributed by atoms with E-state index in [2.05, 4.69) is 12.1 Å². The number of para-hydroxylation sites is 1. The third-order valence-electron chi connectivity index (χ3n) is 5.82. The van der Waals surface area contributed by atoms with Gasteiger partial charge in [0.2, 0.25) is 0 Å². The number of ether oxygens (including phenoxy) is 2. The number of carbonyl (C=O) groups excluding carboxylic acids is 1. The van der Waals surface area contributed by atoms with Gasteiger partial charge in [0.15, 0.2) is 0 Å². The first kappa shape index (κ1) is 19.5. The highest BCUT2D eigenvalue weighted by atomic mass is 16.5. The van der Waals surface area contributed by atoms with Crippen LogP contribution in [0, 0.1) is 0 Å². The van der Waals surface area contributed by atoms with Crippen LogP contribution in [0.4, 0.5) is 0 Å². The first-order chi connectivity index (χ1) is 15.1. The fourth-order valence-corrected chi connectivity index (χ4v) is 4.18. The number of methoxy groups -OCH3 is 1. The van der Waals surface area contributed by atoms with E-state index < -0.39 is 0 Å². The van der Waals surface area contributed by atoms with Crippen LogP contribution in [0.1, 0.15) is 17.3 Å². The van der Waals surface area contributed by atoms with Crippen molar-refractivity contribution in [3.8, 4) is 17.0 Å². The van der Waals surface area contributed by atoms with E-state index in [1.807, 2.05) is 66.4 Å². The Labute approximate surface area is 181 Å². The highest BCUT2D eigenvalue weighted by Gasteiger charge is 2.24. The van der Waals surface area contributed by atoms with E-state index in [4.69, 9.17) is 14.5 Å². The number of nitrogens with zero attached hydrogens (tertiary/aromatic N) is 2. The summed E-state index contributed by atoms with van der Waals surface area (Å²) in [6, 6.07) is 22.0. The van der Waals surface area contributed by atoms with Gasteiger partial charge in [0, 0.05) is 24.0 Å². The summed E-state index contributed by atoms with van der Waals surface area (Å²) >= 11 is 0. The Morgan fingerprint density at radius 2 is 1.87 bits per heavy atom. The molecule has 1 aliphatic rings. The van der Waals surface area contributed by atoms with E-state index in [0.29, 0.717) is 25.3 Å². The number of hydrogen-bond acceptors (Lipinski definition) is 4. The van der Waals surface area contributed by atoms with E-state index in [1.165, 1.54) is 0 Å². The first-order valence-corrected chi connectivity index (χ1v) is 10.5. The van der Waals surface area contributed by atoms with Crippen molar-refractivity contribution < 1.29 is 14.3 Å². The van der Waals surface area contributed by atoms with Gasteiger partial charge in [0.05, 0.1) is 36.6 Å². The van der Waals surface area contributed by atoms with Gasteiger partial charge < -0.3 is 14.4 Å². The summed E-state index contributed by atoms with van der Waals surface area (Å²) in [5.74, 6) is 0.859. The van der Waals surface area contributed by atoms with Crippen LogP contribution in [0.25, 0.3) is 32.9 Å². The standard InChI is InChI=1S/C26H24N2O3/c1-17-16-28(11-12-31-17)26(29)23-15-25(27-24-6-4-3-5-22(23)24)20-8-7-19-14-21(30-2)10-9-18(19)13-20/h3-10,13-15,17H,11-12,16H2,1-2H3. The summed E-state index contributed by atoms with van der Waals surface area (Å²) in [5.41, 5.74) is 3.28. The second-order valence-corrected chi connectivity index (χ2v) is 7.93. The molecular weight excluding hydrogens is 388 g/mol. The Morgan fingerprint density at radius 3 is 2.71 bits per heavy atom. The molecule has 1 fully saturated rings. The number of amides is 1. The normalized spacial score (nSPS) is 16.6. The Bertz CT molecular complexity index is 1280. The molecule has 1 amide bonds. The quantitative estimate of drug-likeness (QED) is 0.479. The maximum Gasteiger partial charge on any atom is 0.254 e. The predicted octanol–water partition coefficient (Wildman–Crippen LogP) is 4.92. The van der Waals surface area contributed by atoms with Gasteiger partial charge in [0.25, 0.3) is 5.91 Å². The maximum atomic E-state index is 13.5. The molecule has 1 aromatic heterocycles. The number of aromatic nitrogens is 1. The third kappa shape index (κ3) is 3.73. The molecule has 0 aliphatic carbocycles. The Hall–Kier alpha value is -3.44. The highest BCUT2D eigenvalue weighted by molar-refractivity contribution is 6.07. The van der Waals surface area contributed by atoms with Crippen molar-refractivity contribution in [2.45, 2.75) is 13.0 Å². The molecule has 0 spiro atoms. The number of carbonyl (C=O) groups is 1. The monoisotopic (exact) mass is 412 g/mol. The van der Waals surface area contributed by atoms with Gasteiger partial charge in [-0.1, -0.05) is 36.4 Å². The largest absolute Gasteiger partial charge is 0.497 e. The zero-order valence-electron chi connectivity index (χ0n) is 17.7. The molecule has 1 saturated heterocycles. The molecule has 3 aromatic carbocycles. The summed E-state index contributed by atoms with van der Waals surface area (Å²) in [5, 5.41) is 3.08. The van der Waals surface area contributed by atoms with E-state index in [9.17, 15) is 4.79 Å². The molecule has 2 heterocycles. The third-order valence-corrected chi connectivity index (χ3v) is 5.82. The van der Waals surface area contributed by atoms with Gasteiger partial charge in [-0.3, -0.25) is 4.79 Å². The summed E-state index contributed by atoms with van der Waals surface area (Å²) in [6.07, 6.45) is 0.0442. The molecule has 1 atom stereocenters. The van der Waals surface area contributed by atoms with Crippen molar-refractivity contribution in [1.29, 1.82) is 0 Å². The lowest BCUT2D eigenvalue weighted by Crippen LogP contribution is -2.44.